The van der Waals surface area contributed by atoms with Crippen molar-refractivity contribution in [1.82, 2.24) is 5.32 Å². The molecule has 0 saturated carbocycles. The van der Waals surface area contributed by atoms with Gasteiger partial charge in [-0.3, -0.25) is 14.4 Å². The SMILES string of the molecule is CCOC(=O)[C@H](CSC(=O)C(C)c1cccc(C(=O)c2ccccc2)c1)NC(C)=O. The van der Waals surface area contributed by atoms with Gasteiger partial charge in [-0.15, -0.1) is 0 Å². The number of thioether (sulfide) groups is 1. The summed E-state index contributed by atoms with van der Waals surface area (Å²) in [6.07, 6.45) is 0. The molecule has 6 nitrogen and oxygen atoms in total. The Labute approximate surface area is 180 Å². The van der Waals surface area contributed by atoms with Crippen molar-refractivity contribution in [3.8, 4) is 0 Å². The molecule has 0 aliphatic heterocycles. The zero-order valence-electron chi connectivity index (χ0n) is 17.2. The van der Waals surface area contributed by atoms with Gasteiger partial charge in [-0.25, -0.2) is 4.79 Å². The number of ether oxygens (including phenoxy) is 1. The van der Waals surface area contributed by atoms with Crippen LogP contribution in [0.25, 0.3) is 0 Å². The number of carbonyl (C=O) groups excluding carboxylic acids is 4. The second-order valence-electron chi connectivity index (χ2n) is 6.68. The van der Waals surface area contributed by atoms with E-state index in [1.807, 2.05) is 6.07 Å². The highest BCUT2D eigenvalue weighted by atomic mass is 32.2. The van der Waals surface area contributed by atoms with Crippen LogP contribution in [-0.4, -0.2) is 41.2 Å². The Kier molecular flexibility index (Phi) is 8.80. The van der Waals surface area contributed by atoms with Crippen LogP contribution < -0.4 is 5.32 Å². The van der Waals surface area contributed by atoms with Gasteiger partial charge in [0.05, 0.1) is 12.5 Å². The summed E-state index contributed by atoms with van der Waals surface area (Å²) in [5, 5.41) is 2.34. The first-order chi connectivity index (χ1) is 14.3. The predicted octanol–water partition coefficient (Wildman–Crippen LogP) is 3.35. The lowest BCUT2D eigenvalue weighted by molar-refractivity contribution is -0.146. The lowest BCUT2D eigenvalue weighted by atomic mass is 9.96. The molecular formula is C23H25NO5S. The average molecular weight is 428 g/mol. The molecule has 30 heavy (non-hydrogen) atoms. The Hall–Kier alpha value is -2.93. The number of esters is 1. The third-order valence-electron chi connectivity index (χ3n) is 4.38. The molecule has 0 bridgehead atoms. The first-order valence-corrected chi connectivity index (χ1v) is 10.6. The Morgan fingerprint density at radius 1 is 1.00 bits per heavy atom. The van der Waals surface area contributed by atoms with E-state index in [1.165, 1.54) is 6.92 Å². The van der Waals surface area contributed by atoms with Gasteiger partial charge in [-0.05, 0) is 18.6 Å². The van der Waals surface area contributed by atoms with Gasteiger partial charge in [0.25, 0.3) is 0 Å². The molecule has 1 amide bonds. The number of rotatable bonds is 9. The number of hydrogen-bond acceptors (Lipinski definition) is 6. The molecule has 1 unspecified atom stereocenters. The van der Waals surface area contributed by atoms with E-state index < -0.39 is 17.9 Å². The van der Waals surface area contributed by atoms with Crippen LogP contribution in [0.1, 0.15) is 48.2 Å². The largest absolute Gasteiger partial charge is 0.464 e. The quantitative estimate of drug-likeness (QED) is 0.488. The second kappa shape index (κ2) is 11.3. The number of amides is 1. The fourth-order valence-corrected chi connectivity index (χ4v) is 3.73. The van der Waals surface area contributed by atoms with Gasteiger partial charge in [0, 0.05) is 23.8 Å². The Balaban J connectivity index is 2.07. The molecule has 0 aliphatic carbocycles. The molecule has 0 aliphatic rings. The Bertz CT molecular complexity index is 913. The van der Waals surface area contributed by atoms with Gasteiger partial charge in [0.1, 0.15) is 6.04 Å². The van der Waals surface area contributed by atoms with Crippen molar-refractivity contribution in [3.63, 3.8) is 0 Å². The van der Waals surface area contributed by atoms with E-state index in [0.29, 0.717) is 16.7 Å². The van der Waals surface area contributed by atoms with Crippen LogP contribution >= 0.6 is 11.8 Å². The maximum atomic E-state index is 12.7. The summed E-state index contributed by atoms with van der Waals surface area (Å²) in [6, 6.07) is 15.0. The molecule has 0 fully saturated rings. The van der Waals surface area contributed by atoms with E-state index in [4.69, 9.17) is 4.74 Å². The van der Waals surface area contributed by atoms with Crippen molar-refractivity contribution < 1.29 is 23.9 Å². The van der Waals surface area contributed by atoms with Gasteiger partial charge < -0.3 is 10.1 Å². The van der Waals surface area contributed by atoms with Crippen molar-refractivity contribution in [1.29, 1.82) is 0 Å². The maximum Gasteiger partial charge on any atom is 0.329 e. The van der Waals surface area contributed by atoms with Crippen molar-refractivity contribution in [3.05, 3.63) is 71.3 Å². The zero-order valence-corrected chi connectivity index (χ0v) is 18.0. The van der Waals surface area contributed by atoms with Gasteiger partial charge in [-0.2, -0.15) is 0 Å². The highest BCUT2D eigenvalue weighted by Crippen LogP contribution is 2.24. The second-order valence-corrected chi connectivity index (χ2v) is 7.70. The molecule has 158 valence electrons. The number of benzene rings is 2. The zero-order chi connectivity index (χ0) is 22.1. The fraction of sp³-hybridized carbons (Fsp3) is 0.304. The number of carbonyl (C=O) groups is 4. The molecule has 0 saturated heterocycles. The highest BCUT2D eigenvalue weighted by Gasteiger charge is 2.24. The molecule has 0 heterocycles. The third kappa shape index (κ3) is 6.56. The van der Waals surface area contributed by atoms with Crippen LogP contribution in [0.2, 0.25) is 0 Å². The summed E-state index contributed by atoms with van der Waals surface area (Å²) in [5.74, 6) is -1.47. The van der Waals surface area contributed by atoms with Gasteiger partial charge in [0.2, 0.25) is 5.91 Å². The van der Waals surface area contributed by atoms with Crippen LogP contribution in [-0.2, 0) is 19.1 Å². The minimum absolute atomic E-state index is 0.0736. The molecule has 2 atom stereocenters. The molecule has 0 radical (unpaired) electrons. The molecule has 7 heteroatoms. The van der Waals surface area contributed by atoms with Crippen molar-refractivity contribution in [2.75, 3.05) is 12.4 Å². The van der Waals surface area contributed by atoms with Crippen LogP contribution in [0.3, 0.4) is 0 Å². The molecule has 0 spiro atoms. The summed E-state index contributed by atoms with van der Waals surface area (Å²) in [6.45, 7) is 4.91. The molecule has 0 aromatic heterocycles. The first-order valence-electron chi connectivity index (χ1n) is 9.63. The molecular weight excluding hydrogens is 402 g/mol. The molecule has 2 rings (SSSR count). The van der Waals surface area contributed by atoms with Gasteiger partial charge in [-0.1, -0.05) is 67.2 Å². The Morgan fingerprint density at radius 2 is 1.67 bits per heavy atom. The highest BCUT2D eigenvalue weighted by molar-refractivity contribution is 8.13. The van der Waals surface area contributed by atoms with E-state index in [-0.39, 0.29) is 29.2 Å². The van der Waals surface area contributed by atoms with Crippen molar-refractivity contribution >= 4 is 34.5 Å². The summed E-state index contributed by atoms with van der Waals surface area (Å²) in [5.41, 5.74) is 1.79. The van der Waals surface area contributed by atoms with Crippen molar-refractivity contribution in [2.24, 2.45) is 0 Å². The Morgan fingerprint density at radius 3 is 2.30 bits per heavy atom. The summed E-state index contributed by atoms with van der Waals surface area (Å²) in [7, 11) is 0. The lowest BCUT2D eigenvalue weighted by Crippen LogP contribution is -2.43. The number of hydrogen-bond donors (Lipinski definition) is 1. The standard InChI is InChI=1S/C23H25NO5S/c1-4-29-22(27)20(24-16(3)25)14-30-23(28)15(2)18-11-8-12-19(13-18)21(26)17-9-6-5-7-10-17/h5-13,15,20H,4,14H2,1-3H3,(H,24,25)/t15?,20-/m0/s1. The van der Waals surface area contributed by atoms with E-state index >= 15 is 0 Å². The minimum Gasteiger partial charge on any atom is -0.464 e. The van der Waals surface area contributed by atoms with Gasteiger partial charge >= 0.3 is 5.97 Å². The maximum absolute atomic E-state index is 12.7. The summed E-state index contributed by atoms with van der Waals surface area (Å²) >= 11 is 0.955. The van der Waals surface area contributed by atoms with Crippen LogP contribution in [0.5, 0.6) is 0 Å². The summed E-state index contributed by atoms with van der Waals surface area (Å²) in [4.78, 5) is 48.7. The third-order valence-corrected chi connectivity index (χ3v) is 5.52. The first kappa shape index (κ1) is 23.3. The smallest absolute Gasteiger partial charge is 0.329 e. The normalized spacial score (nSPS) is 12.5. The lowest BCUT2D eigenvalue weighted by Gasteiger charge is -2.17. The minimum atomic E-state index is -0.894. The van der Waals surface area contributed by atoms with E-state index in [0.717, 1.165) is 11.8 Å². The van der Waals surface area contributed by atoms with Crippen LogP contribution in [0.15, 0.2) is 54.6 Å². The summed E-state index contributed by atoms with van der Waals surface area (Å²) < 4.78 is 4.95. The van der Waals surface area contributed by atoms with E-state index in [1.54, 1.807) is 62.4 Å². The molecule has 1 N–H and O–H groups in total. The van der Waals surface area contributed by atoms with Crippen LogP contribution in [0.4, 0.5) is 0 Å². The topological polar surface area (TPSA) is 89.5 Å². The predicted molar refractivity (Wildman–Crippen MR) is 116 cm³/mol. The fourth-order valence-electron chi connectivity index (χ4n) is 2.79. The van der Waals surface area contributed by atoms with E-state index in [9.17, 15) is 19.2 Å². The number of ketones is 1. The van der Waals surface area contributed by atoms with E-state index in [2.05, 4.69) is 5.32 Å². The average Bonchev–Trinajstić information content (AvgIpc) is 2.75. The van der Waals surface area contributed by atoms with Crippen molar-refractivity contribution in [2.45, 2.75) is 32.7 Å². The molecule has 2 aromatic rings. The van der Waals surface area contributed by atoms with Gasteiger partial charge in [0.15, 0.2) is 10.9 Å². The molecule has 2 aromatic carbocycles. The monoisotopic (exact) mass is 427 g/mol. The number of nitrogens with one attached hydrogen (secondary N) is 1. The van der Waals surface area contributed by atoms with Crippen LogP contribution in [0, 0.1) is 0 Å².